The van der Waals surface area contributed by atoms with Gasteiger partial charge in [0.15, 0.2) is 0 Å². The Hall–Kier alpha value is -0.0800. The predicted molar refractivity (Wildman–Crippen MR) is 62.9 cm³/mol. The van der Waals surface area contributed by atoms with Crippen LogP contribution in [0.3, 0.4) is 0 Å². The van der Waals surface area contributed by atoms with Gasteiger partial charge in [-0.1, -0.05) is 6.42 Å². The van der Waals surface area contributed by atoms with Gasteiger partial charge >= 0.3 is 0 Å². The number of rotatable bonds is 2. The monoisotopic (exact) mass is 208 g/mol. The Kier molecular flexibility index (Phi) is 2.73. The number of hydrogen-bond donors (Lipinski definition) is 1. The summed E-state index contributed by atoms with van der Waals surface area (Å²) in [5, 5.41) is 3.56. The van der Waals surface area contributed by atoms with Gasteiger partial charge in [-0.05, 0) is 56.5 Å². The molecule has 2 heteroatoms. The molecule has 2 heterocycles. The molecule has 1 atom stereocenters. The molecule has 0 amide bonds. The second-order valence-corrected chi connectivity index (χ2v) is 6.06. The summed E-state index contributed by atoms with van der Waals surface area (Å²) in [5.41, 5.74) is 0.669. The van der Waals surface area contributed by atoms with E-state index in [9.17, 15) is 0 Å². The zero-order valence-electron chi connectivity index (χ0n) is 9.80. The Morgan fingerprint density at radius 2 is 2.13 bits per heavy atom. The molecule has 0 aromatic rings. The Morgan fingerprint density at radius 3 is 2.80 bits per heavy atom. The minimum atomic E-state index is 0.669. The zero-order chi connectivity index (χ0) is 10.1. The van der Waals surface area contributed by atoms with Gasteiger partial charge in [0, 0.05) is 19.6 Å². The third-order valence-corrected chi connectivity index (χ3v) is 4.81. The van der Waals surface area contributed by atoms with Crippen molar-refractivity contribution in [2.45, 2.75) is 38.5 Å². The maximum Gasteiger partial charge on any atom is 0.00507 e. The molecule has 2 nitrogen and oxygen atoms in total. The van der Waals surface area contributed by atoms with Gasteiger partial charge in [-0.3, -0.25) is 0 Å². The SMILES string of the molecule is C1CC(CN2CCC[C@]3(CCNC3)C2)C1. The van der Waals surface area contributed by atoms with E-state index in [2.05, 4.69) is 10.2 Å². The van der Waals surface area contributed by atoms with E-state index in [4.69, 9.17) is 0 Å². The molecule has 1 aliphatic carbocycles. The summed E-state index contributed by atoms with van der Waals surface area (Å²) >= 11 is 0. The molecule has 3 rings (SSSR count). The smallest absolute Gasteiger partial charge is 0.00507 e. The lowest BCUT2D eigenvalue weighted by atomic mass is 9.78. The van der Waals surface area contributed by atoms with Gasteiger partial charge in [-0.25, -0.2) is 0 Å². The minimum absolute atomic E-state index is 0.669. The minimum Gasteiger partial charge on any atom is -0.316 e. The lowest BCUT2D eigenvalue weighted by molar-refractivity contribution is 0.0749. The molecule has 0 bridgehead atoms. The number of hydrogen-bond acceptors (Lipinski definition) is 2. The molecule has 2 saturated heterocycles. The second-order valence-electron chi connectivity index (χ2n) is 6.06. The van der Waals surface area contributed by atoms with Gasteiger partial charge in [0.1, 0.15) is 0 Å². The highest BCUT2D eigenvalue weighted by molar-refractivity contribution is 4.93. The van der Waals surface area contributed by atoms with Crippen LogP contribution in [0.1, 0.15) is 38.5 Å². The van der Waals surface area contributed by atoms with Crippen molar-refractivity contribution < 1.29 is 0 Å². The van der Waals surface area contributed by atoms with Crippen molar-refractivity contribution in [1.29, 1.82) is 0 Å². The first-order valence-electron chi connectivity index (χ1n) is 6.79. The van der Waals surface area contributed by atoms with Gasteiger partial charge in [0.25, 0.3) is 0 Å². The van der Waals surface area contributed by atoms with Crippen LogP contribution in [0.25, 0.3) is 0 Å². The van der Waals surface area contributed by atoms with E-state index in [-0.39, 0.29) is 0 Å². The Labute approximate surface area is 93.4 Å². The number of nitrogens with one attached hydrogen (secondary N) is 1. The molecule has 3 aliphatic rings. The van der Waals surface area contributed by atoms with Crippen molar-refractivity contribution >= 4 is 0 Å². The third-order valence-electron chi connectivity index (χ3n) is 4.81. The van der Waals surface area contributed by atoms with Crippen LogP contribution in [0.5, 0.6) is 0 Å². The van der Waals surface area contributed by atoms with Crippen LogP contribution in [-0.2, 0) is 0 Å². The fraction of sp³-hybridized carbons (Fsp3) is 1.00. The van der Waals surface area contributed by atoms with Crippen LogP contribution in [0, 0.1) is 11.3 Å². The van der Waals surface area contributed by atoms with Gasteiger partial charge < -0.3 is 10.2 Å². The molecule has 1 spiro atoms. The maximum absolute atomic E-state index is 3.56. The maximum atomic E-state index is 3.56. The summed E-state index contributed by atoms with van der Waals surface area (Å²) in [6, 6.07) is 0. The second kappa shape index (κ2) is 4.06. The van der Waals surface area contributed by atoms with E-state index in [1.54, 1.807) is 0 Å². The first-order valence-corrected chi connectivity index (χ1v) is 6.79. The highest BCUT2D eigenvalue weighted by Crippen LogP contribution is 2.37. The van der Waals surface area contributed by atoms with E-state index >= 15 is 0 Å². The van der Waals surface area contributed by atoms with Crippen molar-refractivity contribution in [3.8, 4) is 0 Å². The molecular weight excluding hydrogens is 184 g/mol. The lowest BCUT2D eigenvalue weighted by Crippen LogP contribution is -2.46. The van der Waals surface area contributed by atoms with Crippen molar-refractivity contribution in [2.75, 3.05) is 32.7 Å². The summed E-state index contributed by atoms with van der Waals surface area (Å²) in [6.45, 7) is 6.71. The molecule has 0 aromatic heterocycles. The summed E-state index contributed by atoms with van der Waals surface area (Å²) in [7, 11) is 0. The standard InChI is InChI=1S/C13H24N2/c1-3-12(4-1)9-15-8-2-5-13(11-15)6-7-14-10-13/h12,14H,1-11H2/t13-/m1/s1. The predicted octanol–water partition coefficient (Wildman–Crippen LogP) is 1.86. The normalized spacial score (nSPS) is 38.4. The number of piperidine rings is 1. The Morgan fingerprint density at radius 1 is 1.20 bits per heavy atom. The van der Waals surface area contributed by atoms with E-state index < -0.39 is 0 Å². The summed E-state index contributed by atoms with van der Waals surface area (Å²) in [4.78, 5) is 2.76. The fourth-order valence-electron chi connectivity index (χ4n) is 3.65. The Bertz CT molecular complexity index is 217. The molecule has 3 fully saturated rings. The average molecular weight is 208 g/mol. The van der Waals surface area contributed by atoms with Crippen molar-refractivity contribution in [3.63, 3.8) is 0 Å². The molecule has 2 aliphatic heterocycles. The van der Waals surface area contributed by atoms with Crippen molar-refractivity contribution in [3.05, 3.63) is 0 Å². The molecule has 0 aromatic carbocycles. The van der Waals surface area contributed by atoms with Crippen LogP contribution in [0.2, 0.25) is 0 Å². The molecule has 1 N–H and O–H groups in total. The molecule has 0 unspecified atom stereocenters. The zero-order valence-corrected chi connectivity index (χ0v) is 9.80. The van der Waals surface area contributed by atoms with E-state index in [1.165, 1.54) is 71.2 Å². The molecule has 0 radical (unpaired) electrons. The van der Waals surface area contributed by atoms with Gasteiger partial charge in [-0.15, -0.1) is 0 Å². The first kappa shape index (κ1) is 10.1. The topological polar surface area (TPSA) is 15.3 Å². The molecule has 15 heavy (non-hydrogen) atoms. The van der Waals surface area contributed by atoms with Crippen LogP contribution < -0.4 is 5.32 Å². The van der Waals surface area contributed by atoms with Gasteiger partial charge in [-0.2, -0.15) is 0 Å². The molecule has 1 saturated carbocycles. The van der Waals surface area contributed by atoms with E-state index in [0.717, 1.165) is 5.92 Å². The number of likely N-dealkylation sites (tertiary alicyclic amines) is 1. The first-order chi connectivity index (χ1) is 7.36. The average Bonchev–Trinajstić information content (AvgIpc) is 2.60. The summed E-state index contributed by atoms with van der Waals surface area (Å²) < 4.78 is 0. The summed E-state index contributed by atoms with van der Waals surface area (Å²) in [6.07, 6.45) is 8.83. The van der Waals surface area contributed by atoms with E-state index in [1.807, 2.05) is 0 Å². The summed E-state index contributed by atoms with van der Waals surface area (Å²) in [5.74, 6) is 1.05. The third kappa shape index (κ3) is 2.07. The fourth-order valence-corrected chi connectivity index (χ4v) is 3.65. The number of nitrogens with zero attached hydrogens (tertiary/aromatic N) is 1. The van der Waals surface area contributed by atoms with E-state index in [0.29, 0.717) is 5.41 Å². The lowest BCUT2D eigenvalue weighted by Gasteiger charge is -2.42. The van der Waals surface area contributed by atoms with Crippen LogP contribution >= 0.6 is 0 Å². The largest absolute Gasteiger partial charge is 0.316 e. The van der Waals surface area contributed by atoms with Crippen LogP contribution in [-0.4, -0.2) is 37.6 Å². The molecular formula is C13H24N2. The van der Waals surface area contributed by atoms with Gasteiger partial charge in [0.2, 0.25) is 0 Å². The van der Waals surface area contributed by atoms with Crippen molar-refractivity contribution in [1.82, 2.24) is 10.2 Å². The molecule has 86 valence electrons. The highest BCUT2D eigenvalue weighted by atomic mass is 15.2. The van der Waals surface area contributed by atoms with Crippen LogP contribution in [0.15, 0.2) is 0 Å². The van der Waals surface area contributed by atoms with Crippen LogP contribution in [0.4, 0.5) is 0 Å². The van der Waals surface area contributed by atoms with Crippen molar-refractivity contribution in [2.24, 2.45) is 11.3 Å². The quantitative estimate of drug-likeness (QED) is 0.745. The highest BCUT2D eigenvalue weighted by Gasteiger charge is 2.38. The Balaban J connectivity index is 1.55. The van der Waals surface area contributed by atoms with Gasteiger partial charge in [0.05, 0.1) is 0 Å².